The Labute approximate surface area is 91.9 Å². The van der Waals surface area contributed by atoms with Crippen molar-refractivity contribution in [3.05, 3.63) is 34.1 Å². The molecule has 0 fully saturated rings. The van der Waals surface area contributed by atoms with E-state index in [0.29, 0.717) is 15.7 Å². The maximum atomic E-state index is 6.15. The Morgan fingerprint density at radius 2 is 2.07 bits per heavy atom. The van der Waals surface area contributed by atoms with E-state index in [0.717, 1.165) is 17.5 Å². The Balaban J connectivity index is 2.79. The summed E-state index contributed by atoms with van der Waals surface area (Å²) in [5.41, 5.74) is 2.45. The Hall–Kier alpha value is -0.860. The lowest BCUT2D eigenvalue weighted by molar-refractivity contribution is 1.11. The third kappa shape index (κ3) is 1.56. The number of pyridine rings is 2. The summed E-state index contributed by atoms with van der Waals surface area (Å²) >= 11 is 11.9. The topological polar surface area (TPSA) is 25.8 Å². The van der Waals surface area contributed by atoms with Crippen molar-refractivity contribution in [3.63, 3.8) is 0 Å². The molecule has 0 bridgehead atoms. The fourth-order valence-electron chi connectivity index (χ4n) is 1.30. The van der Waals surface area contributed by atoms with Crippen molar-refractivity contribution >= 4 is 34.2 Å². The maximum absolute atomic E-state index is 6.15. The molecule has 4 heteroatoms. The van der Waals surface area contributed by atoms with Crippen LogP contribution in [0.3, 0.4) is 0 Å². The largest absolute Gasteiger partial charge is 0.254 e. The van der Waals surface area contributed by atoms with E-state index in [1.54, 1.807) is 12.3 Å². The van der Waals surface area contributed by atoms with Crippen LogP contribution in [0.4, 0.5) is 0 Å². The Kier molecular flexibility index (Phi) is 2.57. The molecule has 0 N–H and O–H groups in total. The van der Waals surface area contributed by atoms with Crippen molar-refractivity contribution in [3.8, 4) is 0 Å². The molecule has 2 aromatic rings. The quantitative estimate of drug-likeness (QED) is 0.696. The third-order valence-electron chi connectivity index (χ3n) is 2.07. The molecule has 0 aliphatic heterocycles. The lowest BCUT2D eigenvalue weighted by atomic mass is 10.2. The van der Waals surface area contributed by atoms with Crippen LogP contribution in [0, 0.1) is 0 Å². The minimum atomic E-state index is 0.439. The summed E-state index contributed by atoms with van der Waals surface area (Å²) in [6.07, 6.45) is 2.62. The van der Waals surface area contributed by atoms with Crippen LogP contribution in [0.15, 0.2) is 18.3 Å². The van der Waals surface area contributed by atoms with Crippen molar-refractivity contribution in [2.24, 2.45) is 0 Å². The molecule has 0 aliphatic carbocycles. The minimum Gasteiger partial charge on any atom is -0.254 e. The van der Waals surface area contributed by atoms with E-state index >= 15 is 0 Å². The average molecular weight is 227 g/mol. The van der Waals surface area contributed by atoms with Gasteiger partial charge in [-0.25, -0.2) is 4.98 Å². The summed E-state index contributed by atoms with van der Waals surface area (Å²) < 4.78 is 0. The van der Waals surface area contributed by atoms with Crippen LogP contribution < -0.4 is 0 Å². The molecule has 2 nitrogen and oxygen atoms in total. The van der Waals surface area contributed by atoms with Crippen LogP contribution in [-0.2, 0) is 6.42 Å². The zero-order chi connectivity index (χ0) is 10.1. The van der Waals surface area contributed by atoms with Gasteiger partial charge in [-0.05, 0) is 24.1 Å². The summed E-state index contributed by atoms with van der Waals surface area (Å²) in [4.78, 5) is 8.40. The third-order valence-corrected chi connectivity index (χ3v) is 2.70. The normalized spacial score (nSPS) is 10.8. The smallest absolute Gasteiger partial charge is 0.129 e. The van der Waals surface area contributed by atoms with Gasteiger partial charge in [-0.2, -0.15) is 0 Å². The second kappa shape index (κ2) is 3.71. The van der Waals surface area contributed by atoms with Crippen molar-refractivity contribution < 1.29 is 0 Å². The zero-order valence-electron chi connectivity index (χ0n) is 7.59. The molecule has 72 valence electrons. The van der Waals surface area contributed by atoms with E-state index in [9.17, 15) is 0 Å². The zero-order valence-corrected chi connectivity index (χ0v) is 9.10. The Bertz CT molecular complexity index is 483. The molecule has 0 unspecified atom stereocenters. The summed E-state index contributed by atoms with van der Waals surface area (Å²) in [6, 6.07) is 3.52. The Morgan fingerprint density at radius 1 is 1.29 bits per heavy atom. The van der Waals surface area contributed by atoms with Crippen molar-refractivity contribution in [2.75, 3.05) is 0 Å². The molecular formula is C10H8Cl2N2. The minimum absolute atomic E-state index is 0.439. The monoisotopic (exact) mass is 226 g/mol. The molecule has 2 heterocycles. The van der Waals surface area contributed by atoms with Crippen molar-refractivity contribution in [1.29, 1.82) is 0 Å². The van der Waals surface area contributed by atoms with E-state index in [4.69, 9.17) is 23.2 Å². The molecular weight excluding hydrogens is 219 g/mol. The van der Waals surface area contributed by atoms with Crippen LogP contribution in [0.1, 0.15) is 12.5 Å². The maximum Gasteiger partial charge on any atom is 0.129 e. The summed E-state index contributed by atoms with van der Waals surface area (Å²) in [5, 5.41) is 1.09. The number of aromatic nitrogens is 2. The predicted octanol–water partition coefficient (Wildman–Crippen LogP) is 3.50. The highest BCUT2D eigenvalue weighted by Crippen LogP contribution is 2.25. The van der Waals surface area contributed by atoms with Gasteiger partial charge in [-0.3, -0.25) is 4.98 Å². The number of rotatable bonds is 1. The summed E-state index contributed by atoms with van der Waals surface area (Å²) in [5.74, 6) is 0. The highest BCUT2D eigenvalue weighted by molar-refractivity contribution is 6.36. The van der Waals surface area contributed by atoms with E-state index in [2.05, 4.69) is 9.97 Å². The SMILES string of the molecule is CCc1cnc2ccc(Cl)nc2c1Cl. The first-order chi connectivity index (χ1) is 6.72. The second-order valence-corrected chi connectivity index (χ2v) is 3.72. The fraction of sp³-hybridized carbons (Fsp3) is 0.200. The van der Waals surface area contributed by atoms with Crippen molar-refractivity contribution in [1.82, 2.24) is 9.97 Å². The van der Waals surface area contributed by atoms with Gasteiger partial charge in [0.25, 0.3) is 0 Å². The number of fused-ring (bicyclic) bond motifs is 1. The summed E-state index contributed by atoms with van der Waals surface area (Å²) in [7, 11) is 0. The van der Waals surface area contributed by atoms with Gasteiger partial charge in [0.1, 0.15) is 10.7 Å². The first kappa shape index (κ1) is 9.69. The van der Waals surface area contributed by atoms with Gasteiger partial charge in [-0.1, -0.05) is 30.1 Å². The van der Waals surface area contributed by atoms with Gasteiger partial charge < -0.3 is 0 Å². The molecule has 14 heavy (non-hydrogen) atoms. The number of hydrogen-bond donors (Lipinski definition) is 0. The fourth-order valence-corrected chi connectivity index (χ4v) is 1.77. The first-order valence-electron chi connectivity index (χ1n) is 4.32. The molecule has 2 rings (SSSR count). The van der Waals surface area contributed by atoms with Crippen LogP contribution in [-0.4, -0.2) is 9.97 Å². The van der Waals surface area contributed by atoms with Gasteiger partial charge >= 0.3 is 0 Å². The highest BCUT2D eigenvalue weighted by atomic mass is 35.5. The second-order valence-electron chi connectivity index (χ2n) is 2.95. The van der Waals surface area contributed by atoms with Crippen molar-refractivity contribution in [2.45, 2.75) is 13.3 Å². The number of halogens is 2. The predicted molar refractivity (Wildman–Crippen MR) is 58.9 cm³/mol. The lowest BCUT2D eigenvalue weighted by Crippen LogP contribution is -1.90. The molecule has 0 amide bonds. The molecule has 2 aromatic heterocycles. The average Bonchev–Trinajstić information content (AvgIpc) is 2.20. The van der Waals surface area contributed by atoms with E-state index in [1.165, 1.54) is 0 Å². The molecule has 0 atom stereocenters. The number of hydrogen-bond acceptors (Lipinski definition) is 2. The molecule has 0 saturated heterocycles. The standard InChI is InChI=1S/C10H8Cl2N2/c1-2-6-5-13-7-3-4-8(11)14-10(7)9(6)12/h3-5H,2H2,1H3. The lowest BCUT2D eigenvalue weighted by Gasteiger charge is -2.03. The van der Waals surface area contributed by atoms with Crippen LogP contribution in [0.25, 0.3) is 11.0 Å². The van der Waals surface area contributed by atoms with Gasteiger partial charge in [-0.15, -0.1) is 0 Å². The van der Waals surface area contributed by atoms with E-state index in [-0.39, 0.29) is 0 Å². The molecule has 0 spiro atoms. The van der Waals surface area contributed by atoms with Gasteiger partial charge in [0.2, 0.25) is 0 Å². The Morgan fingerprint density at radius 3 is 2.79 bits per heavy atom. The summed E-state index contributed by atoms with van der Waals surface area (Å²) in [6.45, 7) is 2.03. The van der Waals surface area contributed by atoms with E-state index in [1.807, 2.05) is 13.0 Å². The highest BCUT2D eigenvalue weighted by Gasteiger charge is 2.06. The van der Waals surface area contributed by atoms with Crippen LogP contribution in [0.2, 0.25) is 10.2 Å². The molecule has 0 aliphatic rings. The molecule has 0 radical (unpaired) electrons. The van der Waals surface area contributed by atoms with Crippen LogP contribution >= 0.6 is 23.2 Å². The van der Waals surface area contributed by atoms with Gasteiger partial charge in [0.15, 0.2) is 0 Å². The number of aryl methyl sites for hydroxylation is 1. The molecule has 0 saturated carbocycles. The van der Waals surface area contributed by atoms with Gasteiger partial charge in [0, 0.05) is 6.20 Å². The number of nitrogens with zero attached hydrogens (tertiary/aromatic N) is 2. The van der Waals surface area contributed by atoms with Crippen LogP contribution in [0.5, 0.6) is 0 Å². The molecule has 0 aromatic carbocycles. The first-order valence-corrected chi connectivity index (χ1v) is 5.07. The van der Waals surface area contributed by atoms with E-state index < -0.39 is 0 Å². The van der Waals surface area contributed by atoms with Gasteiger partial charge in [0.05, 0.1) is 10.5 Å².